The Balaban J connectivity index is 2.01. The van der Waals surface area contributed by atoms with E-state index in [-0.39, 0.29) is 17.8 Å². The Hall–Kier alpha value is -1.68. The van der Waals surface area contributed by atoms with E-state index in [4.69, 9.17) is 0 Å². The number of amides is 1. The van der Waals surface area contributed by atoms with Gasteiger partial charge in [-0.1, -0.05) is 12.1 Å². The standard InChI is InChI=1S/C14H17FN2O/c1-9(12-7-16-8-12)14(18)17-10(2)11-3-5-13(15)6-4-11/h3-6,10,16H,7-8H2,1-2H3,(H,17,18)/t10-/m0/s1. The first-order chi connectivity index (χ1) is 8.58. The fraction of sp³-hybridized carbons (Fsp3) is 0.357. The lowest BCUT2D eigenvalue weighted by Gasteiger charge is -2.22. The third-order valence-electron chi connectivity index (χ3n) is 3.27. The number of nitrogens with one attached hydrogen (secondary N) is 2. The number of carbonyl (C=O) groups is 1. The van der Waals surface area contributed by atoms with E-state index in [1.165, 1.54) is 12.1 Å². The Morgan fingerprint density at radius 2 is 1.94 bits per heavy atom. The highest BCUT2D eigenvalue weighted by molar-refractivity contribution is 5.94. The summed E-state index contributed by atoms with van der Waals surface area (Å²) >= 11 is 0. The minimum Gasteiger partial charge on any atom is -0.346 e. The van der Waals surface area contributed by atoms with Gasteiger partial charge < -0.3 is 10.6 Å². The largest absolute Gasteiger partial charge is 0.346 e. The minimum absolute atomic E-state index is 0.0525. The van der Waals surface area contributed by atoms with E-state index in [1.54, 1.807) is 12.1 Å². The summed E-state index contributed by atoms with van der Waals surface area (Å²) in [5.74, 6) is -0.320. The van der Waals surface area contributed by atoms with Gasteiger partial charge in [0, 0.05) is 18.7 Å². The van der Waals surface area contributed by atoms with Crippen molar-refractivity contribution in [1.82, 2.24) is 10.6 Å². The molecule has 3 nitrogen and oxygen atoms in total. The second-order valence-electron chi connectivity index (χ2n) is 4.58. The van der Waals surface area contributed by atoms with E-state index in [9.17, 15) is 9.18 Å². The molecular weight excluding hydrogens is 231 g/mol. The molecule has 0 spiro atoms. The molecule has 1 fully saturated rings. The van der Waals surface area contributed by atoms with Crippen LogP contribution in [0.3, 0.4) is 0 Å². The van der Waals surface area contributed by atoms with Crippen molar-refractivity contribution in [3.05, 3.63) is 46.8 Å². The second kappa shape index (κ2) is 5.31. The third kappa shape index (κ3) is 2.76. The van der Waals surface area contributed by atoms with Gasteiger partial charge in [0.15, 0.2) is 0 Å². The third-order valence-corrected chi connectivity index (χ3v) is 3.27. The first-order valence-corrected chi connectivity index (χ1v) is 6.03. The lowest BCUT2D eigenvalue weighted by atomic mass is 10.0. The molecule has 96 valence electrons. The zero-order valence-corrected chi connectivity index (χ0v) is 10.6. The van der Waals surface area contributed by atoms with Gasteiger partial charge in [0.1, 0.15) is 5.82 Å². The molecule has 4 heteroatoms. The van der Waals surface area contributed by atoms with Crippen LogP contribution in [0.15, 0.2) is 35.4 Å². The van der Waals surface area contributed by atoms with Gasteiger partial charge in [-0.15, -0.1) is 0 Å². The van der Waals surface area contributed by atoms with Crippen LogP contribution in [0.1, 0.15) is 25.5 Å². The van der Waals surface area contributed by atoms with Gasteiger partial charge in [0.2, 0.25) is 5.91 Å². The molecule has 1 saturated heterocycles. The molecule has 0 radical (unpaired) electrons. The van der Waals surface area contributed by atoms with Crippen molar-refractivity contribution in [2.45, 2.75) is 19.9 Å². The molecule has 1 aromatic carbocycles. The molecule has 18 heavy (non-hydrogen) atoms. The van der Waals surface area contributed by atoms with E-state index in [2.05, 4.69) is 10.6 Å². The zero-order chi connectivity index (χ0) is 13.1. The van der Waals surface area contributed by atoms with Gasteiger partial charge in [0.25, 0.3) is 0 Å². The van der Waals surface area contributed by atoms with Gasteiger partial charge in [-0.2, -0.15) is 0 Å². The molecular formula is C14H17FN2O. The van der Waals surface area contributed by atoms with Gasteiger partial charge >= 0.3 is 0 Å². The predicted molar refractivity (Wildman–Crippen MR) is 68.5 cm³/mol. The Kier molecular flexibility index (Phi) is 3.77. The predicted octanol–water partition coefficient (Wildman–Crippen LogP) is 1.92. The van der Waals surface area contributed by atoms with Crippen LogP contribution in [-0.4, -0.2) is 19.0 Å². The van der Waals surface area contributed by atoms with Gasteiger partial charge in [-0.25, -0.2) is 4.39 Å². The Morgan fingerprint density at radius 1 is 1.33 bits per heavy atom. The molecule has 1 atom stereocenters. The number of benzene rings is 1. The van der Waals surface area contributed by atoms with E-state index >= 15 is 0 Å². The van der Waals surface area contributed by atoms with Crippen LogP contribution >= 0.6 is 0 Å². The molecule has 0 aromatic heterocycles. The van der Waals surface area contributed by atoms with Gasteiger partial charge in [-0.3, -0.25) is 4.79 Å². The summed E-state index contributed by atoms with van der Waals surface area (Å²) in [4.78, 5) is 12.0. The maximum absolute atomic E-state index is 12.8. The summed E-state index contributed by atoms with van der Waals surface area (Å²) < 4.78 is 12.8. The van der Waals surface area contributed by atoms with Gasteiger partial charge in [-0.05, 0) is 37.1 Å². The highest BCUT2D eigenvalue weighted by Crippen LogP contribution is 2.15. The van der Waals surface area contributed by atoms with Crippen LogP contribution in [-0.2, 0) is 4.79 Å². The Labute approximate surface area is 106 Å². The zero-order valence-electron chi connectivity index (χ0n) is 10.6. The lowest BCUT2D eigenvalue weighted by molar-refractivity contribution is -0.118. The highest BCUT2D eigenvalue weighted by atomic mass is 19.1. The number of carbonyl (C=O) groups excluding carboxylic acids is 1. The van der Waals surface area contributed by atoms with Crippen molar-refractivity contribution >= 4 is 5.91 Å². The SMILES string of the molecule is CC(C(=O)N[C@@H](C)c1ccc(F)cc1)=C1CNC1. The van der Waals surface area contributed by atoms with Crippen molar-refractivity contribution in [2.75, 3.05) is 13.1 Å². The van der Waals surface area contributed by atoms with Crippen LogP contribution in [0, 0.1) is 5.82 Å². The summed E-state index contributed by atoms with van der Waals surface area (Å²) in [6.45, 7) is 5.32. The fourth-order valence-electron chi connectivity index (χ4n) is 1.82. The molecule has 1 amide bonds. The number of hydrogen-bond acceptors (Lipinski definition) is 2. The maximum atomic E-state index is 12.8. The fourth-order valence-corrected chi connectivity index (χ4v) is 1.82. The summed E-state index contributed by atoms with van der Waals surface area (Å²) in [5.41, 5.74) is 2.83. The van der Waals surface area contributed by atoms with Crippen LogP contribution in [0.5, 0.6) is 0 Å². The average molecular weight is 248 g/mol. The quantitative estimate of drug-likeness (QED) is 0.802. The molecule has 1 aliphatic heterocycles. The van der Waals surface area contributed by atoms with Crippen molar-refractivity contribution in [3.8, 4) is 0 Å². The van der Waals surface area contributed by atoms with Crippen LogP contribution < -0.4 is 10.6 Å². The molecule has 2 N–H and O–H groups in total. The maximum Gasteiger partial charge on any atom is 0.247 e. The summed E-state index contributed by atoms with van der Waals surface area (Å²) in [7, 11) is 0. The van der Waals surface area contributed by atoms with Crippen molar-refractivity contribution in [2.24, 2.45) is 0 Å². The topological polar surface area (TPSA) is 41.1 Å². The Bertz CT molecular complexity index is 473. The summed E-state index contributed by atoms with van der Waals surface area (Å²) in [6.07, 6.45) is 0. The lowest BCUT2D eigenvalue weighted by Crippen LogP contribution is -2.38. The second-order valence-corrected chi connectivity index (χ2v) is 4.58. The smallest absolute Gasteiger partial charge is 0.247 e. The van der Waals surface area contributed by atoms with Crippen molar-refractivity contribution < 1.29 is 9.18 Å². The van der Waals surface area contributed by atoms with Gasteiger partial charge in [0.05, 0.1) is 6.04 Å². The molecule has 1 aliphatic rings. The molecule has 1 aromatic rings. The van der Waals surface area contributed by atoms with E-state index in [0.717, 1.165) is 29.8 Å². The first kappa shape index (κ1) is 12.8. The van der Waals surface area contributed by atoms with Crippen molar-refractivity contribution in [1.29, 1.82) is 0 Å². The normalized spacial score (nSPS) is 15.8. The highest BCUT2D eigenvalue weighted by Gasteiger charge is 2.17. The van der Waals surface area contributed by atoms with E-state index in [1.807, 2.05) is 13.8 Å². The molecule has 0 unspecified atom stereocenters. The molecule has 0 bridgehead atoms. The monoisotopic (exact) mass is 248 g/mol. The molecule has 1 heterocycles. The summed E-state index contributed by atoms with van der Waals surface area (Å²) in [6, 6.07) is 6.06. The minimum atomic E-state index is -0.267. The van der Waals surface area contributed by atoms with E-state index in [0.29, 0.717) is 0 Å². The summed E-state index contributed by atoms with van der Waals surface area (Å²) in [5, 5.41) is 6.03. The number of rotatable bonds is 3. The Morgan fingerprint density at radius 3 is 2.44 bits per heavy atom. The molecule has 0 saturated carbocycles. The van der Waals surface area contributed by atoms with Crippen LogP contribution in [0.2, 0.25) is 0 Å². The van der Waals surface area contributed by atoms with E-state index < -0.39 is 0 Å². The molecule has 2 rings (SSSR count). The van der Waals surface area contributed by atoms with Crippen LogP contribution in [0.25, 0.3) is 0 Å². The average Bonchev–Trinajstić information content (AvgIpc) is 2.27. The number of hydrogen-bond donors (Lipinski definition) is 2. The van der Waals surface area contributed by atoms with Crippen LogP contribution in [0.4, 0.5) is 4.39 Å². The van der Waals surface area contributed by atoms with Crippen molar-refractivity contribution in [3.63, 3.8) is 0 Å². The first-order valence-electron chi connectivity index (χ1n) is 6.03. The number of halogens is 1. The molecule has 0 aliphatic carbocycles.